The maximum absolute atomic E-state index is 11.2. The van der Waals surface area contributed by atoms with E-state index in [-0.39, 0.29) is 0 Å². The second kappa shape index (κ2) is 4.70. The van der Waals surface area contributed by atoms with Crippen molar-refractivity contribution in [3.8, 4) is 0 Å². The molecular formula is C9H6Br2O3. The van der Waals surface area contributed by atoms with E-state index in [9.17, 15) is 9.59 Å². The van der Waals surface area contributed by atoms with Crippen LogP contribution in [0, 0.1) is 0 Å². The fraction of sp³-hybridized carbons (Fsp3) is 0.111. The molecule has 0 atom stereocenters. The maximum atomic E-state index is 11.2. The van der Waals surface area contributed by atoms with Crippen LogP contribution in [-0.2, 0) is 4.74 Å². The summed E-state index contributed by atoms with van der Waals surface area (Å²) in [7, 11) is 1.30. The number of ether oxygens (including phenoxy) is 1. The summed E-state index contributed by atoms with van der Waals surface area (Å²) in [6, 6.07) is 3.10. The lowest BCUT2D eigenvalue weighted by Gasteiger charge is -2.04. The highest BCUT2D eigenvalue weighted by Gasteiger charge is 2.13. The maximum Gasteiger partial charge on any atom is 0.339 e. The highest BCUT2D eigenvalue weighted by Crippen LogP contribution is 2.25. The van der Waals surface area contributed by atoms with Crippen molar-refractivity contribution in [2.45, 2.75) is 0 Å². The normalized spacial score (nSPS) is 9.64. The van der Waals surface area contributed by atoms with Crippen LogP contribution in [0.4, 0.5) is 0 Å². The van der Waals surface area contributed by atoms with Crippen LogP contribution in [0.1, 0.15) is 20.7 Å². The molecule has 0 amide bonds. The van der Waals surface area contributed by atoms with Gasteiger partial charge in [0.1, 0.15) is 0 Å². The van der Waals surface area contributed by atoms with Crippen LogP contribution in [0.2, 0.25) is 0 Å². The predicted molar refractivity (Wildman–Crippen MR) is 58.6 cm³/mol. The molecule has 0 bridgehead atoms. The lowest BCUT2D eigenvalue weighted by Crippen LogP contribution is -2.03. The van der Waals surface area contributed by atoms with Crippen molar-refractivity contribution >= 4 is 44.1 Å². The summed E-state index contributed by atoms with van der Waals surface area (Å²) in [6.45, 7) is 0. The molecule has 0 saturated heterocycles. The number of aldehydes is 1. The number of methoxy groups -OCH3 is 1. The summed E-state index contributed by atoms with van der Waals surface area (Å²) in [5.41, 5.74) is 0.856. The lowest BCUT2D eigenvalue weighted by molar-refractivity contribution is 0.0599. The molecule has 0 radical (unpaired) electrons. The zero-order valence-electron chi connectivity index (χ0n) is 7.21. The average molecular weight is 322 g/mol. The Morgan fingerprint density at radius 1 is 1.36 bits per heavy atom. The highest BCUT2D eigenvalue weighted by atomic mass is 79.9. The Labute approximate surface area is 97.7 Å². The number of benzene rings is 1. The fourth-order valence-electron chi connectivity index (χ4n) is 0.919. The van der Waals surface area contributed by atoms with Crippen molar-refractivity contribution < 1.29 is 14.3 Å². The Morgan fingerprint density at radius 3 is 2.50 bits per heavy atom. The molecule has 0 aromatic heterocycles. The van der Waals surface area contributed by atoms with Crippen molar-refractivity contribution in [2.75, 3.05) is 7.11 Å². The summed E-state index contributed by atoms with van der Waals surface area (Å²) in [4.78, 5) is 21.8. The van der Waals surface area contributed by atoms with Gasteiger partial charge in [0, 0.05) is 14.5 Å². The number of rotatable bonds is 2. The molecule has 3 nitrogen and oxygen atoms in total. The van der Waals surface area contributed by atoms with Crippen molar-refractivity contribution in [3.05, 3.63) is 32.2 Å². The van der Waals surface area contributed by atoms with Gasteiger partial charge in [-0.05, 0) is 28.1 Å². The second-order valence-corrected chi connectivity index (χ2v) is 4.17. The van der Waals surface area contributed by atoms with Crippen LogP contribution in [0.3, 0.4) is 0 Å². The van der Waals surface area contributed by atoms with E-state index in [2.05, 4.69) is 36.6 Å². The highest BCUT2D eigenvalue weighted by molar-refractivity contribution is 9.11. The number of halogens is 2. The third-order valence-corrected chi connectivity index (χ3v) is 2.96. The average Bonchev–Trinajstić information content (AvgIpc) is 2.19. The first-order valence-corrected chi connectivity index (χ1v) is 5.21. The van der Waals surface area contributed by atoms with Gasteiger partial charge in [0.05, 0.1) is 12.7 Å². The van der Waals surface area contributed by atoms with Gasteiger partial charge in [0.25, 0.3) is 0 Å². The summed E-state index contributed by atoms with van der Waals surface area (Å²) in [5, 5.41) is 0. The van der Waals surface area contributed by atoms with Crippen LogP contribution in [0.5, 0.6) is 0 Å². The van der Waals surface area contributed by atoms with Crippen LogP contribution >= 0.6 is 31.9 Å². The molecule has 0 saturated carbocycles. The molecule has 14 heavy (non-hydrogen) atoms. The topological polar surface area (TPSA) is 43.4 Å². The molecule has 1 aromatic carbocycles. The van der Waals surface area contributed by atoms with Gasteiger partial charge < -0.3 is 4.74 Å². The second-order valence-electron chi connectivity index (χ2n) is 2.46. The van der Waals surface area contributed by atoms with Crippen molar-refractivity contribution in [1.82, 2.24) is 0 Å². The molecule has 0 heterocycles. The Balaban J connectivity index is 3.28. The number of hydrogen-bond donors (Lipinski definition) is 0. The first kappa shape index (κ1) is 11.4. The van der Waals surface area contributed by atoms with Crippen molar-refractivity contribution in [2.24, 2.45) is 0 Å². The molecule has 0 fully saturated rings. The minimum Gasteiger partial charge on any atom is -0.465 e. The largest absolute Gasteiger partial charge is 0.465 e. The third-order valence-electron chi connectivity index (χ3n) is 1.62. The van der Waals surface area contributed by atoms with E-state index in [0.717, 1.165) is 0 Å². The van der Waals surface area contributed by atoms with E-state index in [1.807, 2.05) is 0 Å². The van der Waals surface area contributed by atoms with Crippen LogP contribution in [0.25, 0.3) is 0 Å². The quantitative estimate of drug-likeness (QED) is 0.621. The summed E-state index contributed by atoms with van der Waals surface area (Å²) in [6.07, 6.45) is 0.704. The SMILES string of the molecule is COC(=O)c1cc(Br)c(C=O)cc1Br. The number of carbonyl (C=O) groups is 2. The molecule has 74 valence electrons. The van der Waals surface area contributed by atoms with E-state index in [0.29, 0.717) is 26.4 Å². The van der Waals surface area contributed by atoms with Crippen molar-refractivity contribution in [3.63, 3.8) is 0 Å². The molecular weight excluding hydrogens is 316 g/mol. The number of hydrogen-bond acceptors (Lipinski definition) is 3. The molecule has 0 spiro atoms. The van der Waals surface area contributed by atoms with Gasteiger partial charge in [-0.25, -0.2) is 4.79 Å². The number of carbonyl (C=O) groups excluding carboxylic acids is 2. The minimum absolute atomic E-state index is 0.380. The Morgan fingerprint density at radius 2 is 2.00 bits per heavy atom. The van der Waals surface area contributed by atoms with Gasteiger partial charge in [-0.15, -0.1) is 0 Å². The van der Waals surface area contributed by atoms with Crippen LogP contribution < -0.4 is 0 Å². The smallest absolute Gasteiger partial charge is 0.339 e. The monoisotopic (exact) mass is 320 g/mol. The fourth-order valence-corrected chi connectivity index (χ4v) is 1.88. The van der Waals surface area contributed by atoms with E-state index in [1.54, 1.807) is 12.1 Å². The predicted octanol–water partition coefficient (Wildman–Crippen LogP) is 2.81. The molecule has 1 rings (SSSR count). The molecule has 0 aliphatic heterocycles. The van der Waals surface area contributed by atoms with Gasteiger partial charge in [0.2, 0.25) is 0 Å². The first-order chi connectivity index (χ1) is 6.60. The molecule has 1 aromatic rings. The van der Waals surface area contributed by atoms with Gasteiger partial charge in [0.15, 0.2) is 6.29 Å². The standard InChI is InChI=1S/C9H6Br2O3/c1-14-9(13)6-3-7(10)5(4-12)2-8(6)11/h2-4H,1H3. The van der Waals surface area contributed by atoms with Crippen LogP contribution in [0.15, 0.2) is 21.1 Å². The van der Waals surface area contributed by atoms with Crippen molar-refractivity contribution in [1.29, 1.82) is 0 Å². The number of esters is 1. The van der Waals surface area contributed by atoms with E-state index in [1.165, 1.54) is 7.11 Å². The molecule has 0 N–H and O–H groups in total. The minimum atomic E-state index is -0.449. The van der Waals surface area contributed by atoms with Gasteiger partial charge >= 0.3 is 5.97 Å². The zero-order chi connectivity index (χ0) is 10.7. The van der Waals surface area contributed by atoms with Gasteiger partial charge in [-0.3, -0.25) is 4.79 Å². The van der Waals surface area contributed by atoms with Gasteiger partial charge in [-0.1, -0.05) is 15.9 Å². The summed E-state index contributed by atoms with van der Waals surface area (Å²) >= 11 is 6.36. The zero-order valence-corrected chi connectivity index (χ0v) is 10.4. The summed E-state index contributed by atoms with van der Waals surface area (Å²) < 4.78 is 5.67. The Kier molecular flexibility index (Phi) is 3.83. The first-order valence-electron chi connectivity index (χ1n) is 3.62. The molecule has 0 aliphatic carbocycles. The van der Waals surface area contributed by atoms with E-state index in [4.69, 9.17) is 0 Å². The van der Waals surface area contributed by atoms with E-state index >= 15 is 0 Å². The van der Waals surface area contributed by atoms with Crippen LogP contribution in [-0.4, -0.2) is 19.4 Å². The lowest BCUT2D eigenvalue weighted by atomic mass is 10.1. The van der Waals surface area contributed by atoms with Gasteiger partial charge in [-0.2, -0.15) is 0 Å². The summed E-state index contributed by atoms with van der Waals surface area (Å²) in [5.74, 6) is -0.449. The Hall–Kier alpha value is -0.680. The molecule has 5 heteroatoms. The Bertz CT molecular complexity index is 388. The molecule has 0 aliphatic rings. The molecule has 0 unspecified atom stereocenters. The third kappa shape index (κ3) is 2.22. The van der Waals surface area contributed by atoms with E-state index < -0.39 is 5.97 Å².